The lowest BCUT2D eigenvalue weighted by Crippen LogP contribution is -3.13. The number of piperazine rings is 1. The predicted octanol–water partition coefficient (Wildman–Crippen LogP) is 1.67. The van der Waals surface area contributed by atoms with Gasteiger partial charge in [0.05, 0.1) is 51.5 Å². The molecule has 10 heteroatoms. The largest absolute Gasteiger partial charge is 0.497 e. The highest BCUT2D eigenvalue weighted by Gasteiger charge is 2.28. The van der Waals surface area contributed by atoms with Gasteiger partial charge in [-0.15, -0.1) is 0 Å². The number of rotatable bonds is 6. The summed E-state index contributed by atoms with van der Waals surface area (Å²) in [4.78, 5) is 30.4. The van der Waals surface area contributed by atoms with Crippen molar-refractivity contribution in [2.75, 3.05) is 47.2 Å². The summed E-state index contributed by atoms with van der Waals surface area (Å²) < 4.78 is 22.9. The van der Waals surface area contributed by atoms with E-state index in [4.69, 9.17) is 18.9 Å². The second-order valence-corrected chi connectivity index (χ2v) is 9.59. The Morgan fingerprint density at radius 2 is 1.62 bits per heavy atom. The highest BCUT2D eigenvalue weighted by molar-refractivity contribution is 6.04. The van der Waals surface area contributed by atoms with Crippen molar-refractivity contribution < 1.29 is 28.6 Å². The Kier molecular flexibility index (Phi) is 6.54. The molecule has 6 rings (SSSR count). The molecule has 2 aliphatic heterocycles. The molecule has 2 aliphatic rings. The van der Waals surface area contributed by atoms with E-state index >= 15 is 0 Å². The molecule has 1 amide bonds. The van der Waals surface area contributed by atoms with Crippen molar-refractivity contribution in [3.05, 3.63) is 82.3 Å². The van der Waals surface area contributed by atoms with Crippen LogP contribution in [0.25, 0.3) is 16.5 Å². The fraction of sp³-hybridized carbons (Fsp3) is 0.276. The molecule has 1 N–H and O–H groups in total. The molecule has 3 heterocycles. The first kappa shape index (κ1) is 24.7. The van der Waals surface area contributed by atoms with Crippen molar-refractivity contribution in [3.8, 4) is 28.7 Å². The number of carbonyl (C=O) groups is 1. The first-order valence-electron chi connectivity index (χ1n) is 12.8. The lowest BCUT2D eigenvalue weighted by Gasteiger charge is -2.32. The van der Waals surface area contributed by atoms with Gasteiger partial charge in [0, 0.05) is 29.1 Å². The predicted molar refractivity (Wildman–Crippen MR) is 143 cm³/mol. The molecule has 0 bridgehead atoms. The van der Waals surface area contributed by atoms with Gasteiger partial charge in [0.1, 0.15) is 18.0 Å². The van der Waals surface area contributed by atoms with E-state index in [0.29, 0.717) is 41.0 Å². The maximum atomic E-state index is 13.8. The van der Waals surface area contributed by atoms with Crippen molar-refractivity contribution >= 4 is 16.7 Å². The van der Waals surface area contributed by atoms with Crippen molar-refractivity contribution in [3.63, 3.8) is 0 Å². The van der Waals surface area contributed by atoms with E-state index in [1.165, 1.54) is 29.4 Å². The monoisotopic (exact) mass is 529 g/mol. The maximum absolute atomic E-state index is 13.8. The Labute approximate surface area is 224 Å². The molecule has 200 valence electrons. The molecule has 1 aromatic heterocycles. The number of methoxy groups -OCH3 is 2. The van der Waals surface area contributed by atoms with Crippen LogP contribution in [0.15, 0.2) is 65.5 Å². The maximum Gasteiger partial charge on any atom is 0.279 e. The van der Waals surface area contributed by atoms with Gasteiger partial charge in [0.2, 0.25) is 6.79 Å². The number of hydrogen-bond donors (Lipinski definition) is 1. The smallest absolute Gasteiger partial charge is 0.279 e. The quantitative estimate of drug-likeness (QED) is 0.406. The number of carbonyl (C=O) groups excluding carboxylic acids is 1. The van der Waals surface area contributed by atoms with Crippen LogP contribution in [0.1, 0.15) is 16.1 Å². The zero-order valence-corrected chi connectivity index (χ0v) is 21.8. The van der Waals surface area contributed by atoms with Gasteiger partial charge in [0.15, 0.2) is 17.2 Å². The zero-order chi connectivity index (χ0) is 26.9. The summed E-state index contributed by atoms with van der Waals surface area (Å²) in [6.45, 7) is 3.85. The molecule has 0 atom stereocenters. The lowest BCUT2D eigenvalue weighted by molar-refractivity contribution is -0.917. The first-order chi connectivity index (χ1) is 19.0. The van der Waals surface area contributed by atoms with Gasteiger partial charge in [0.25, 0.3) is 11.5 Å². The Morgan fingerprint density at radius 3 is 2.33 bits per heavy atom. The van der Waals surface area contributed by atoms with Gasteiger partial charge < -0.3 is 28.7 Å². The number of benzene rings is 3. The van der Waals surface area contributed by atoms with Crippen LogP contribution in [0.4, 0.5) is 0 Å². The molecular weight excluding hydrogens is 500 g/mol. The fourth-order valence-corrected chi connectivity index (χ4v) is 5.13. The summed E-state index contributed by atoms with van der Waals surface area (Å²) in [5.74, 6) is 2.39. The van der Waals surface area contributed by atoms with Crippen LogP contribution in [-0.4, -0.2) is 67.8 Å². The Morgan fingerprint density at radius 1 is 0.923 bits per heavy atom. The molecule has 39 heavy (non-hydrogen) atoms. The second kappa shape index (κ2) is 10.3. The SMILES string of the molecule is COc1cc(OC)cc(-n2nc(C(=O)N3CC[NH+](Cc4ccc5c(c4)OCO5)CC3)c3ccccc3c2=O)c1. The molecule has 0 radical (unpaired) electrons. The third kappa shape index (κ3) is 4.74. The summed E-state index contributed by atoms with van der Waals surface area (Å²) in [6.07, 6.45) is 0. The summed E-state index contributed by atoms with van der Waals surface area (Å²) in [7, 11) is 3.08. The van der Waals surface area contributed by atoms with E-state index < -0.39 is 0 Å². The molecule has 1 saturated heterocycles. The van der Waals surface area contributed by atoms with E-state index in [2.05, 4.69) is 11.2 Å². The number of fused-ring (bicyclic) bond motifs is 2. The fourth-order valence-electron chi connectivity index (χ4n) is 5.13. The Balaban J connectivity index is 1.26. The number of nitrogens with one attached hydrogen (secondary N) is 1. The molecule has 10 nitrogen and oxygen atoms in total. The van der Waals surface area contributed by atoms with E-state index in [1.807, 2.05) is 23.1 Å². The lowest BCUT2D eigenvalue weighted by atomic mass is 10.1. The van der Waals surface area contributed by atoms with Gasteiger partial charge in [-0.05, 0) is 24.3 Å². The minimum atomic E-state index is -0.324. The van der Waals surface area contributed by atoms with Gasteiger partial charge in [-0.2, -0.15) is 9.78 Å². The van der Waals surface area contributed by atoms with E-state index in [1.54, 1.807) is 36.4 Å². The number of aromatic nitrogens is 2. The van der Waals surface area contributed by atoms with Crippen LogP contribution >= 0.6 is 0 Å². The van der Waals surface area contributed by atoms with Crippen LogP contribution in [0, 0.1) is 0 Å². The molecular formula is C29H29N4O6+. The highest BCUT2D eigenvalue weighted by Crippen LogP contribution is 2.32. The molecule has 0 saturated carbocycles. The number of hydrogen-bond acceptors (Lipinski definition) is 7. The van der Waals surface area contributed by atoms with Gasteiger partial charge in [-0.25, -0.2) is 0 Å². The van der Waals surface area contributed by atoms with Crippen molar-refractivity contribution in [2.24, 2.45) is 0 Å². The molecule has 0 unspecified atom stereocenters. The van der Waals surface area contributed by atoms with Crippen molar-refractivity contribution in [1.82, 2.24) is 14.7 Å². The van der Waals surface area contributed by atoms with E-state index in [-0.39, 0.29) is 24.0 Å². The topological polar surface area (TPSA) is 96.6 Å². The van der Waals surface area contributed by atoms with Crippen molar-refractivity contribution in [1.29, 1.82) is 0 Å². The third-order valence-electron chi connectivity index (χ3n) is 7.24. The average molecular weight is 530 g/mol. The number of quaternary nitrogens is 1. The standard InChI is InChI=1S/C29H28N4O6/c1-36-21-14-20(15-22(16-21)37-2)33-28(34)24-6-4-3-5-23(24)27(30-33)29(35)32-11-9-31(10-12-32)17-19-7-8-25-26(13-19)39-18-38-25/h3-8,13-16H,9-12,17-18H2,1-2H3/p+1. The minimum Gasteiger partial charge on any atom is -0.497 e. The summed E-state index contributed by atoms with van der Waals surface area (Å²) in [5.41, 5.74) is 1.54. The zero-order valence-electron chi connectivity index (χ0n) is 21.8. The molecule has 0 aliphatic carbocycles. The summed E-state index contributed by atoms with van der Waals surface area (Å²) in [6, 6.07) is 18.2. The third-order valence-corrected chi connectivity index (χ3v) is 7.24. The van der Waals surface area contributed by atoms with Crippen LogP contribution < -0.4 is 29.4 Å². The summed E-state index contributed by atoms with van der Waals surface area (Å²) >= 11 is 0. The van der Waals surface area contributed by atoms with Crippen LogP contribution in [0.5, 0.6) is 23.0 Å². The Bertz CT molecular complexity index is 1590. The molecule has 0 spiro atoms. The highest BCUT2D eigenvalue weighted by atomic mass is 16.7. The van der Waals surface area contributed by atoms with Crippen LogP contribution in [0.3, 0.4) is 0 Å². The average Bonchev–Trinajstić information content (AvgIpc) is 3.45. The Hall–Kier alpha value is -4.57. The normalized spacial score (nSPS) is 15.0. The van der Waals surface area contributed by atoms with Crippen LogP contribution in [-0.2, 0) is 6.54 Å². The van der Waals surface area contributed by atoms with Gasteiger partial charge >= 0.3 is 0 Å². The van der Waals surface area contributed by atoms with E-state index in [0.717, 1.165) is 31.1 Å². The molecule has 3 aromatic carbocycles. The molecule has 4 aromatic rings. The van der Waals surface area contributed by atoms with Crippen molar-refractivity contribution in [2.45, 2.75) is 6.54 Å². The second-order valence-electron chi connectivity index (χ2n) is 9.59. The first-order valence-corrected chi connectivity index (χ1v) is 12.8. The molecule has 1 fully saturated rings. The number of ether oxygens (including phenoxy) is 4. The van der Waals surface area contributed by atoms with Crippen LogP contribution in [0.2, 0.25) is 0 Å². The number of nitrogens with zero attached hydrogens (tertiary/aromatic N) is 3. The van der Waals surface area contributed by atoms with Gasteiger partial charge in [-0.3, -0.25) is 9.59 Å². The number of amides is 1. The van der Waals surface area contributed by atoms with E-state index in [9.17, 15) is 9.59 Å². The minimum absolute atomic E-state index is 0.197. The summed E-state index contributed by atoms with van der Waals surface area (Å²) in [5, 5.41) is 5.54. The van der Waals surface area contributed by atoms with Gasteiger partial charge in [-0.1, -0.05) is 18.2 Å².